The number of carbonyl (C=O) groups excluding carboxylic acids is 2. The predicted molar refractivity (Wildman–Crippen MR) is 118 cm³/mol. The van der Waals surface area contributed by atoms with Gasteiger partial charge in [-0.2, -0.15) is 0 Å². The van der Waals surface area contributed by atoms with Crippen LogP contribution < -0.4 is 10.0 Å². The molecule has 1 aromatic carbocycles. The van der Waals surface area contributed by atoms with Crippen molar-refractivity contribution in [2.45, 2.75) is 84.7 Å². The van der Waals surface area contributed by atoms with Crippen LogP contribution in [0.4, 0.5) is 10.5 Å². The van der Waals surface area contributed by atoms with Crippen molar-refractivity contribution in [2.24, 2.45) is 0 Å². The molecule has 7 nitrogen and oxygen atoms in total. The Labute approximate surface area is 179 Å². The molecule has 0 spiro atoms. The lowest BCUT2D eigenvalue weighted by Crippen LogP contribution is -2.52. The molecular weight excluding hydrogens is 402 g/mol. The lowest BCUT2D eigenvalue weighted by Gasteiger charge is -2.39. The second-order valence-electron chi connectivity index (χ2n) is 9.58. The number of fused-ring (bicyclic) bond motifs is 2. The summed E-state index contributed by atoms with van der Waals surface area (Å²) in [6.07, 6.45) is 5.84. The van der Waals surface area contributed by atoms with Gasteiger partial charge in [0.2, 0.25) is 15.9 Å². The van der Waals surface area contributed by atoms with E-state index in [9.17, 15) is 18.0 Å². The zero-order chi connectivity index (χ0) is 22.3. The van der Waals surface area contributed by atoms with Gasteiger partial charge >= 0.3 is 6.03 Å². The molecule has 166 valence electrons. The SMILES string of the molecule is CC(C)N(C(=O)CS(=O)(=O)NC(=O)Nc1c2c(cc3c1CCC3)CCC2)C(C)(C)C. The number of sulfonamides is 1. The van der Waals surface area contributed by atoms with E-state index in [2.05, 4.69) is 11.4 Å². The number of hydrogen-bond acceptors (Lipinski definition) is 4. The molecule has 3 rings (SSSR count). The fraction of sp³-hybridized carbons (Fsp3) is 0.636. The maximum Gasteiger partial charge on any atom is 0.332 e. The molecule has 2 N–H and O–H groups in total. The van der Waals surface area contributed by atoms with Gasteiger partial charge < -0.3 is 10.2 Å². The van der Waals surface area contributed by atoms with Crippen LogP contribution >= 0.6 is 0 Å². The first kappa shape index (κ1) is 22.6. The van der Waals surface area contributed by atoms with Gasteiger partial charge in [0, 0.05) is 17.3 Å². The first-order chi connectivity index (χ1) is 13.9. The minimum absolute atomic E-state index is 0.156. The lowest BCUT2D eigenvalue weighted by atomic mass is 9.99. The van der Waals surface area contributed by atoms with E-state index in [0.717, 1.165) is 55.3 Å². The van der Waals surface area contributed by atoms with Gasteiger partial charge in [-0.1, -0.05) is 6.07 Å². The highest BCUT2D eigenvalue weighted by Gasteiger charge is 2.32. The average molecular weight is 436 g/mol. The summed E-state index contributed by atoms with van der Waals surface area (Å²) < 4.78 is 27.1. The Bertz CT molecular complexity index is 929. The van der Waals surface area contributed by atoms with Crippen LogP contribution in [0.5, 0.6) is 0 Å². The molecule has 2 aliphatic rings. The Morgan fingerprint density at radius 2 is 1.57 bits per heavy atom. The predicted octanol–water partition coefficient (Wildman–Crippen LogP) is 3.15. The summed E-state index contributed by atoms with van der Waals surface area (Å²) in [5.74, 6) is -1.29. The van der Waals surface area contributed by atoms with Gasteiger partial charge in [-0.25, -0.2) is 17.9 Å². The summed E-state index contributed by atoms with van der Waals surface area (Å²) in [6, 6.07) is 1.29. The standard InChI is InChI=1S/C22H33N3O4S/c1-14(2)25(22(3,4)5)19(26)13-30(28,29)24-21(27)23-20-17-10-6-8-15(17)12-16-9-7-11-18(16)20/h12,14H,6-11,13H2,1-5H3,(H2,23,24,27). The third-order valence-electron chi connectivity index (χ3n) is 5.78. The maximum atomic E-state index is 12.7. The molecule has 30 heavy (non-hydrogen) atoms. The number of benzene rings is 1. The highest BCUT2D eigenvalue weighted by Crippen LogP contribution is 2.38. The van der Waals surface area contributed by atoms with Gasteiger partial charge in [-0.3, -0.25) is 4.79 Å². The molecular formula is C22H33N3O4S. The minimum atomic E-state index is -4.12. The fourth-order valence-electron chi connectivity index (χ4n) is 4.95. The average Bonchev–Trinajstić information content (AvgIpc) is 3.19. The molecule has 0 saturated heterocycles. The summed E-state index contributed by atoms with van der Waals surface area (Å²) in [7, 11) is -4.12. The number of anilines is 1. The van der Waals surface area contributed by atoms with Crippen molar-refractivity contribution in [2.75, 3.05) is 11.1 Å². The number of rotatable bonds is 5. The summed E-state index contributed by atoms with van der Waals surface area (Å²) in [6.45, 7) is 9.25. The quantitative estimate of drug-likeness (QED) is 0.743. The fourth-order valence-corrected chi connectivity index (χ4v) is 5.82. The Kier molecular flexibility index (Phi) is 6.18. The highest BCUT2D eigenvalue weighted by molar-refractivity contribution is 7.90. The van der Waals surface area contributed by atoms with Crippen molar-refractivity contribution < 1.29 is 18.0 Å². The van der Waals surface area contributed by atoms with Crippen molar-refractivity contribution in [3.05, 3.63) is 28.3 Å². The molecule has 0 bridgehead atoms. The van der Waals surface area contributed by atoms with Gasteiger partial charge in [0.25, 0.3) is 0 Å². The monoisotopic (exact) mass is 435 g/mol. The summed E-state index contributed by atoms with van der Waals surface area (Å²) >= 11 is 0. The Balaban J connectivity index is 1.73. The van der Waals surface area contributed by atoms with E-state index in [1.165, 1.54) is 16.0 Å². The van der Waals surface area contributed by atoms with Crippen LogP contribution in [-0.2, 0) is 40.5 Å². The largest absolute Gasteiger partial charge is 0.334 e. The number of nitrogens with one attached hydrogen (secondary N) is 2. The van der Waals surface area contributed by atoms with Crippen LogP contribution in [0, 0.1) is 0 Å². The third kappa shape index (κ3) is 4.79. The van der Waals surface area contributed by atoms with E-state index in [-0.39, 0.29) is 6.04 Å². The molecule has 2 aliphatic carbocycles. The van der Waals surface area contributed by atoms with Gasteiger partial charge in [0.05, 0.1) is 0 Å². The Morgan fingerprint density at radius 1 is 1.03 bits per heavy atom. The van der Waals surface area contributed by atoms with Gasteiger partial charge in [-0.15, -0.1) is 0 Å². The second-order valence-corrected chi connectivity index (χ2v) is 11.3. The van der Waals surface area contributed by atoms with Crippen molar-refractivity contribution in [3.8, 4) is 0 Å². The number of aryl methyl sites for hydroxylation is 2. The summed E-state index contributed by atoms with van der Waals surface area (Å²) in [5, 5.41) is 2.80. The minimum Gasteiger partial charge on any atom is -0.334 e. The molecule has 0 unspecified atom stereocenters. The van der Waals surface area contributed by atoms with Gasteiger partial charge in [0.15, 0.2) is 0 Å². The molecule has 8 heteroatoms. The van der Waals surface area contributed by atoms with Gasteiger partial charge in [-0.05, 0) is 95.4 Å². The molecule has 1 aromatic rings. The molecule has 0 saturated carbocycles. The van der Waals surface area contributed by atoms with Crippen LogP contribution in [0.15, 0.2) is 6.07 Å². The van der Waals surface area contributed by atoms with E-state index in [4.69, 9.17) is 0 Å². The number of amides is 3. The molecule has 0 aliphatic heterocycles. The third-order valence-corrected chi connectivity index (χ3v) is 6.90. The van der Waals surface area contributed by atoms with Crippen LogP contribution in [0.1, 0.15) is 69.7 Å². The molecule has 0 heterocycles. The van der Waals surface area contributed by atoms with Crippen molar-refractivity contribution >= 4 is 27.6 Å². The smallest absolute Gasteiger partial charge is 0.332 e. The Hall–Kier alpha value is -2.09. The van der Waals surface area contributed by atoms with Crippen LogP contribution in [0.3, 0.4) is 0 Å². The molecule has 0 radical (unpaired) electrons. The number of hydrogen-bond donors (Lipinski definition) is 2. The molecule has 0 fully saturated rings. The van der Waals surface area contributed by atoms with E-state index in [1.807, 2.05) is 39.3 Å². The van der Waals surface area contributed by atoms with Crippen LogP contribution in [0.25, 0.3) is 0 Å². The summed E-state index contributed by atoms with van der Waals surface area (Å²) in [4.78, 5) is 26.8. The maximum absolute atomic E-state index is 12.7. The summed E-state index contributed by atoms with van der Waals surface area (Å²) in [5.41, 5.74) is 5.00. The molecule has 0 atom stereocenters. The topological polar surface area (TPSA) is 95.6 Å². The zero-order valence-electron chi connectivity index (χ0n) is 18.6. The first-order valence-corrected chi connectivity index (χ1v) is 12.3. The van der Waals surface area contributed by atoms with E-state index in [0.29, 0.717) is 0 Å². The number of carbonyl (C=O) groups is 2. The van der Waals surface area contributed by atoms with Crippen LogP contribution in [-0.4, -0.2) is 42.6 Å². The first-order valence-electron chi connectivity index (χ1n) is 10.7. The van der Waals surface area contributed by atoms with Gasteiger partial charge in [0.1, 0.15) is 5.75 Å². The lowest BCUT2D eigenvalue weighted by molar-refractivity contribution is -0.135. The number of nitrogens with zero attached hydrogens (tertiary/aromatic N) is 1. The highest BCUT2D eigenvalue weighted by atomic mass is 32.2. The van der Waals surface area contributed by atoms with Crippen molar-refractivity contribution in [1.82, 2.24) is 9.62 Å². The van der Waals surface area contributed by atoms with E-state index in [1.54, 1.807) is 0 Å². The molecule has 3 amide bonds. The Morgan fingerprint density at radius 3 is 2.03 bits per heavy atom. The van der Waals surface area contributed by atoms with Crippen molar-refractivity contribution in [3.63, 3.8) is 0 Å². The zero-order valence-corrected chi connectivity index (χ0v) is 19.4. The van der Waals surface area contributed by atoms with Crippen molar-refractivity contribution in [1.29, 1.82) is 0 Å². The number of urea groups is 1. The molecule has 0 aromatic heterocycles. The van der Waals surface area contributed by atoms with E-state index >= 15 is 0 Å². The normalized spacial score (nSPS) is 15.7. The van der Waals surface area contributed by atoms with E-state index < -0.39 is 33.3 Å². The van der Waals surface area contributed by atoms with Crippen LogP contribution in [0.2, 0.25) is 0 Å². The second kappa shape index (κ2) is 8.21.